The molecule has 0 radical (unpaired) electrons. The highest BCUT2D eigenvalue weighted by atomic mass is 19.1. The average molecular weight is 552 g/mol. The number of nitrogens with zero attached hydrogens (tertiary/aromatic N) is 7. The van der Waals surface area contributed by atoms with Crippen molar-refractivity contribution in [1.29, 1.82) is 10.5 Å². The van der Waals surface area contributed by atoms with Crippen LogP contribution in [0.15, 0.2) is 36.7 Å². The number of anilines is 2. The summed E-state index contributed by atoms with van der Waals surface area (Å²) in [5.41, 5.74) is 4.16. The number of nitrogens with one attached hydrogen (secondary N) is 2. The lowest BCUT2D eigenvalue weighted by Crippen LogP contribution is -2.29. The molecule has 1 saturated carbocycles. The van der Waals surface area contributed by atoms with Gasteiger partial charge in [0.25, 0.3) is 0 Å². The monoisotopic (exact) mass is 551 g/mol. The Balaban J connectivity index is 1.63. The molecule has 1 fully saturated rings. The Morgan fingerprint density at radius 1 is 1.10 bits per heavy atom. The minimum atomic E-state index is -0.564. The van der Waals surface area contributed by atoms with Crippen LogP contribution in [0.2, 0.25) is 0 Å². The van der Waals surface area contributed by atoms with Crippen molar-refractivity contribution < 1.29 is 4.39 Å². The highest BCUT2D eigenvalue weighted by Gasteiger charge is 2.40. The molecular weight excluding hydrogens is 517 g/mol. The van der Waals surface area contributed by atoms with E-state index in [2.05, 4.69) is 77.7 Å². The normalized spacial score (nSPS) is 14.4. The number of rotatable bonds is 8. The number of pyridine rings is 2. The van der Waals surface area contributed by atoms with Gasteiger partial charge in [0.1, 0.15) is 17.8 Å². The molecule has 0 amide bonds. The Kier molecular flexibility index (Phi) is 7.12. The molecule has 4 aromatic rings. The molecule has 41 heavy (non-hydrogen) atoms. The van der Waals surface area contributed by atoms with E-state index in [0.29, 0.717) is 57.3 Å². The van der Waals surface area contributed by atoms with Crippen molar-refractivity contribution >= 4 is 22.3 Å². The van der Waals surface area contributed by atoms with Crippen LogP contribution in [0.3, 0.4) is 0 Å². The molecule has 5 rings (SSSR count). The fraction of sp³-hybridized carbons (Fsp3) is 0.419. The third-order valence-electron chi connectivity index (χ3n) is 7.70. The van der Waals surface area contributed by atoms with Crippen LogP contribution >= 0.6 is 0 Å². The molecule has 10 heteroatoms. The smallest absolute Gasteiger partial charge is 0.213 e. The zero-order valence-corrected chi connectivity index (χ0v) is 24.2. The summed E-state index contributed by atoms with van der Waals surface area (Å²) < 4.78 is 15.9. The van der Waals surface area contributed by atoms with Crippen molar-refractivity contribution in [3.8, 4) is 12.1 Å². The SMILES string of the molecule is Cc1nc(F)ccc1C(Nc1cc(C#N)c2ncc(C#N)c(NCC(C)(C)C)c2c1)c1cn(C(C)(C)C2CC2)nn1. The fourth-order valence-electron chi connectivity index (χ4n) is 5.09. The minimum absolute atomic E-state index is 0.0471. The fourth-order valence-corrected chi connectivity index (χ4v) is 5.09. The topological polar surface area (TPSA) is 128 Å². The predicted molar refractivity (Wildman–Crippen MR) is 156 cm³/mol. The van der Waals surface area contributed by atoms with Crippen LogP contribution in [-0.2, 0) is 5.54 Å². The van der Waals surface area contributed by atoms with Crippen molar-refractivity contribution in [3.05, 3.63) is 70.7 Å². The first-order valence-electron chi connectivity index (χ1n) is 13.7. The van der Waals surface area contributed by atoms with Crippen LogP contribution in [0.4, 0.5) is 15.8 Å². The van der Waals surface area contributed by atoms with Gasteiger partial charge in [-0.1, -0.05) is 32.1 Å². The van der Waals surface area contributed by atoms with Gasteiger partial charge in [0, 0.05) is 35.1 Å². The Morgan fingerprint density at radius 3 is 2.46 bits per heavy atom. The highest BCUT2D eigenvalue weighted by molar-refractivity contribution is 5.99. The zero-order valence-electron chi connectivity index (χ0n) is 24.2. The Morgan fingerprint density at radius 2 is 1.83 bits per heavy atom. The van der Waals surface area contributed by atoms with Gasteiger partial charge in [-0.2, -0.15) is 14.9 Å². The number of hydrogen-bond donors (Lipinski definition) is 2. The quantitative estimate of drug-likeness (QED) is 0.247. The summed E-state index contributed by atoms with van der Waals surface area (Å²) in [5.74, 6) is -0.0251. The number of nitriles is 2. The average Bonchev–Trinajstić information content (AvgIpc) is 3.67. The second-order valence-electron chi connectivity index (χ2n) is 12.5. The summed E-state index contributed by atoms with van der Waals surface area (Å²) in [4.78, 5) is 8.50. The summed E-state index contributed by atoms with van der Waals surface area (Å²) in [5, 5.41) is 36.5. The van der Waals surface area contributed by atoms with E-state index >= 15 is 0 Å². The molecule has 0 saturated heterocycles. The zero-order chi connectivity index (χ0) is 29.5. The van der Waals surface area contributed by atoms with Gasteiger partial charge in [-0.3, -0.25) is 4.98 Å². The molecule has 1 aliphatic rings. The van der Waals surface area contributed by atoms with Crippen molar-refractivity contribution in [1.82, 2.24) is 25.0 Å². The van der Waals surface area contributed by atoms with Gasteiger partial charge in [-0.15, -0.1) is 5.10 Å². The van der Waals surface area contributed by atoms with Crippen LogP contribution in [0.25, 0.3) is 10.9 Å². The first-order chi connectivity index (χ1) is 19.4. The van der Waals surface area contributed by atoms with E-state index in [4.69, 9.17) is 0 Å². The van der Waals surface area contributed by atoms with Gasteiger partial charge >= 0.3 is 0 Å². The number of halogens is 1. The molecule has 3 heterocycles. The number of aryl methyl sites for hydroxylation is 1. The molecule has 1 aliphatic carbocycles. The number of benzene rings is 1. The maximum absolute atomic E-state index is 14.0. The summed E-state index contributed by atoms with van der Waals surface area (Å²) in [6.07, 6.45) is 5.74. The van der Waals surface area contributed by atoms with Crippen LogP contribution in [0.5, 0.6) is 0 Å². The molecule has 0 aliphatic heterocycles. The molecule has 1 atom stereocenters. The molecule has 0 spiro atoms. The molecule has 210 valence electrons. The minimum Gasteiger partial charge on any atom is -0.383 e. The van der Waals surface area contributed by atoms with Gasteiger partial charge in [0.2, 0.25) is 5.95 Å². The molecule has 9 nitrogen and oxygen atoms in total. The van der Waals surface area contributed by atoms with E-state index in [9.17, 15) is 14.9 Å². The summed E-state index contributed by atoms with van der Waals surface area (Å²) in [6.45, 7) is 13.0. The van der Waals surface area contributed by atoms with E-state index in [-0.39, 0.29) is 11.0 Å². The van der Waals surface area contributed by atoms with E-state index in [1.54, 1.807) is 19.1 Å². The van der Waals surface area contributed by atoms with Gasteiger partial charge in [-0.25, -0.2) is 9.67 Å². The van der Waals surface area contributed by atoms with Crippen LogP contribution < -0.4 is 10.6 Å². The first-order valence-corrected chi connectivity index (χ1v) is 13.7. The standard InChI is InChI=1S/C31H34FN9/c1-18-23(9-10-26(32)37-18)29(25-16-41(40-39-25)31(5,6)21-7-8-21)38-22-11-19(13-33)27-24(12-22)28(20(14-34)15-35-27)36-17-30(2,3)4/h9-12,15-16,21,29,38H,7-8,17H2,1-6H3,(H,35,36). The second kappa shape index (κ2) is 10.4. The number of hydrogen-bond acceptors (Lipinski definition) is 8. The van der Waals surface area contributed by atoms with Gasteiger partial charge in [-0.05, 0) is 63.1 Å². The molecule has 0 bridgehead atoms. The third kappa shape index (κ3) is 5.69. The van der Waals surface area contributed by atoms with E-state index in [1.165, 1.54) is 12.3 Å². The molecule has 1 unspecified atom stereocenters. The second-order valence-corrected chi connectivity index (χ2v) is 12.5. The number of aromatic nitrogens is 5. The van der Waals surface area contributed by atoms with Crippen molar-refractivity contribution in [3.63, 3.8) is 0 Å². The largest absolute Gasteiger partial charge is 0.383 e. The molecule has 2 N–H and O–H groups in total. The maximum atomic E-state index is 14.0. The maximum Gasteiger partial charge on any atom is 0.213 e. The Bertz CT molecular complexity index is 1700. The van der Waals surface area contributed by atoms with E-state index in [1.807, 2.05) is 16.9 Å². The third-order valence-corrected chi connectivity index (χ3v) is 7.70. The first kappa shape index (κ1) is 28.0. The Hall–Kier alpha value is -4.57. The van der Waals surface area contributed by atoms with Gasteiger partial charge in [0.05, 0.1) is 40.1 Å². The van der Waals surface area contributed by atoms with Crippen molar-refractivity contribution in [2.24, 2.45) is 11.3 Å². The van der Waals surface area contributed by atoms with Gasteiger partial charge < -0.3 is 10.6 Å². The van der Waals surface area contributed by atoms with Crippen LogP contribution in [0.1, 0.15) is 81.6 Å². The molecule has 1 aromatic carbocycles. The predicted octanol–water partition coefficient (Wildman–Crippen LogP) is 6.22. The molecule has 3 aromatic heterocycles. The summed E-state index contributed by atoms with van der Waals surface area (Å²) in [7, 11) is 0. The van der Waals surface area contributed by atoms with Crippen molar-refractivity contribution in [2.45, 2.75) is 66.0 Å². The summed E-state index contributed by atoms with van der Waals surface area (Å²) in [6, 6.07) is 10.6. The van der Waals surface area contributed by atoms with Gasteiger partial charge in [0.15, 0.2) is 0 Å². The lowest BCUT2D eigenvalue weighted by Gasteiger charge is -2.24. The van der Waals surface area contributed by atoms with Crippen LogP contribution in [0, 0.1) is 46.9 Å². The highest BCUT2D eigenvalue weighted by Crippen LogP contribution is 2.44. The Labute approximate surface area is 239 Å². The lowest BCUT2D eigenvalue weighted by molar-refractivity contribution is 0.268. The van der Waals surface area contributed by atoms with Crippen molar-refractivity contribution in [2.75, 3.05) is 17.2 Å². The van der Waals surface area contributed by atoms with Crippen LogP contribution in [-0.4, -0.2) is 31.5 Å². The number of fused-ring (bicyclic) bond motifs is 1. The lowest BCUT2D eigenvalue weighted by atomic mass is 9.96. The van der Waals surface area contributed by atoms with E-state index in [0.717, 1.165) is 18.4 Å². The molecular formula is C31H34FN9. The summed E-state index contributed by atoms with van der Waals surface area (Å²) >= 11 is 0. The van der Waals surface area contributed by atoms with E-state index < -0.39 is 12.0 Å².